The molecule has 184 valence electrons. The van der Waals surface area contributed by atoms with Crippen LogP contribution in [0.5, 0.6) is 0 Å². The SMILES string of the molecule is CC(C)(C)OC(=O)NC1(C(=O)N[C@H](C#N)Cc2ccc3c(c2)oc2cc(F)ccc23)CCOCC1. The average molecular weight is 482 g/mol. The van der Waals surface area contributed by atoms with Crippen LogP contribution in [0, 0.1) is 17.1 Å². The zero-order valence-corrected chi connectivity index (χ0v) is 19.9. The molecule has 8 nitrogen and oxygen atoms in total. The van der Waals surface area contributed by atoms with Crippen LogP contribution in [0.15, 0.2) is 40.8 Å². The summed E-state index contributed by atoms with van der Waals surface area (Å²) in [5, 5.41) is 16.9. The Morgan fingerprint density at radius 2 is 1.80 bits per heavy atom. The molecular weight excluding hydrogens is 453 g/mol. The van der Waals surface area contributed by atoms with Gasteiger partial charge in [-0.2, -0.15) is 5.26 Å². The predicted molar refractivity (Wildman–Crippen MR) is 127 cm³/mol. The molecule has 0 saturated carbocycles. The summed E-state index contributed by atoms with van der Waals surface area (Å²) in [7, 11) is 0. The number of furan rings is 1. The van der Waals surface area contributed by atoms with E-state index in [0.29, 0.717) is 24.4 Å². The van der Waals surface area contributed by atoms with Crippen molar-refractivity contribution < 1.29 is 27.9 Å². The lowest BCUT2D eigenvalue weighted by Crippen LogP contribution is -2.63. The first-order valence-corrected chi connectivity index (χ1v) is 11.5. The number of fused-ring (bicyclic) bond motifs is 3. The molecule has 0 radical (unpaired) electrons. The lowest BCUT2D eigenvalue weighted by atomic mass is 9.88. The quantitative estimate of drug-likeness (QED) is 0.560. The molecule has 1 aliphatic rings. The maximum atomic E-state index is 13.6. The Morgan fingerprint density at radius 1 is 1.14 bits per heavy atom. The lowest BCUT2D eigenvalue weighted by molar-refractivity contribution is -0.132. The first-order chi connectivity index (χ1) is 16.6. The summed E-state index contributed by atoms with van der Waals surface area (Å²) in [5.74, 6) is -0.843. The highest BCUT2D eigenvalue weighted by molar-refractivity contribution is 6.04. The zero-order valence-electron chi connectivity index (χ0n) is 19.9. The molecule has 1 atom stereocenters. The molecule has 0 bridgehead atoms. The van der Waals surface area contributed by atoms with Crippen molar-refractivity contribution in [1.29, 1.82) is 5.26 Å². The number of rotatable bonds is 5. The Balaban J connectivity index is 1.50. The van der Waals surface area contributed by atoms with Gasteiger partial charge in [-0.3, -0.25) is 4.79 Å². The van der Waals surface area contributed by atoms with Gasteiger partial charge < -0.3 is 24.5 Å². The molecule has 0 spiro atoms. The second-order valence-corrected chi connectivity index (χ2v) is 9.75. The third-order valence-electron chi connectivity index (χ3n) is 5.92. The van der Waals surface area contributed by atoms with Crippen molar-refractivity contribution in [3.05, 3.63) is 47.8 Å². The van der Waals surface area contributed by atoms with Crippen LogP contribution in [0.3, 0.4) is 0 Å². The number of nitrogens with one attached hydrogen (secondary N) is 2. The summed E-state index contributed by atoms with van der Waals surface area (Å²) in [4.78, 5) is 25.7. The van der Waals surface area contributed by atoms with Crippen LogP contribution in [0.4, 0.5) is 9.18 Å². The van der Waals surface area contributed by atoms with Crippen LogP contribution < -0.4 is 10.6 Å². The molecule has 4 rings (SSSR count). The molecule has 2 heterocycles. The van der Waals surface area contributed by atoms with Crippen LogP contribution in [0.25, 0.3) is 21.9 Å². The van der Waals surface area contributed by atoms with E-state index in [1.54, 1.807) is 32.9 Å². The molecule has 1 aromatic heterocycles. The molecule has 2 N–H and O–H groups in total. The van der Waals surface area contributed by atoms with E-state index in [2.05, 4.69) is 16.7 Å². The topological polar surface area (TPSA) is 114 Å². The largest absolute Gasteiger partial charge is 0.456 e. The van der Waals surface area contributed by atoms with E-state index >= 15 is 0 Å². The van der Waals surface area contributed by atoms with E-state index in [-0.39, 0.29) is 25.1 Å². The van der Waals surface area contributed by atoms with Gasteiger partial charge in [0.05, 0.1) is 6.07 Å². The molecule has 3 aromatic rings. The summed E-state index contributed by atoms with van der Waals surface area (Å²) >= 11 is 0. The molecule has 2 amide bonds. The van der Waals surface area contributed by atoms with Gasteiger partial charge in [-0.05, 0) is 44.5 Å². The second kappa shape index (κ2) is 9.55. The standard InChI is InChI=1S/C26H28FN3O5/c1-25(2,3)35-24(32)30-26(8-10-33-11-9-26)23(31)29-18(15-28)12-16-4-6-19-20-7-5-17(27)14-22(20)34-21(19)13-16/h4-7,13-14,18H,8-12H2,1-3H3,(H,29,31)(H,30,32)/t18-/m0/s1. The molecule has 9 heteroatoms. The molecule has 0 aliphatic carbocycles. The summed E-state index contributed by atoms with van der Waals surface area (Å²) in [6, 6.07) is 11.1. The minimum Gasteiger partial charge on any atom is -0.456 e. The summed E-state index contributed by atoms with van der Waals surface area (Å²) in [6.07, 6.45) is 0.0488. The first-order valence-electron chi connectivity index (χ1n) is 11.5. The van der Waals surface area contributed by atoms with Crippen molar-refractivity contribution in [3.63, 3.8) is 0 Å². The molecule has 1 fully saturated rings. The smallest absolute Gasteiger partial charge is 0.408 e. The van der Waals surface area contributed by atoms with Crippen molar-refractivity contribution in [2.24, 2.45) is 0 Å². The number of halogens is 1. The number of hydrogen-bond acceptors (Lipinski definition) is 6. The van der Waals surface area contributed by atoms with E-state index in [0.717, 1.165) is 16.3 Å². The van der Waals surface area contributed by atoms with Gasteiger partial charge in [0.15, 0.2) is 0 Å². The molecule has 2 aromatic carbocycles. The third-order valence-corrected chi connectivity index (χ3v) is 5.92. The number of hydrogen-bond donors (Lipinski definition) is 2. The molecule has 0 unspecified atom stereocenters. The van der Waals surface area contributed by atoms with Gasteiger partial charge in [0.2, 0.25) is 5.91 Å². The second-order valence-electron chi connectivity index (χ2n) is 9.75. The fourth-order valence-electron chi connectivity index (χ4n) is 4.21. The highest BCUT2D eigenvalue weighted by atomic mass is 19.1. The lowest BCUT2D eigenvalue weighted by Gasteiger charge is -2.37. The molecule has 1 aliphatic heterocycles. The minimum absolute atomic E-state index is 0.225. The van der Waals surface area contributed by atoms with Crippen molar-refractivity contribution in [2.75, 3.05) is 13.2 Å². The highest BCUT2D eigenvalue weighted by Crippen LogP contribution is 2.30. The van der Waals surface area contributed by atoms with Crippen molar-refractivity contribution >= 4 is 33.9 Å². The van der Waals surface area contributed by atoms with Crippen molar-refractivity contribution in [3.8, 4) is 6.07 Å². The summed E-state index contributed by atoms with van der Waals surface area (Å²) in [5.41, 5.74) is -0.174. The van der Waals surface area contributed by atoms with Gasteiger partial charge in [-0.25, -0.2) is 9.18 Å². The Labute approximate surface area is 202 Å². The van der Waals surface area contributed by atoms with E-state index in [9.17, 15) is 19.2 Å². The Kier molecular flexibility index (Phi) is 6.68. The van der Waals surface area contributed by atoms with Gasteiger partial charge in [-0.1, -0.05) is 12.1 Å². The van der Waals surface area contributed by atoms with E-state index in [1.165, 1.54) is 12.1 Å². The van der Waals surface area contributed by atoms with Crippen molar-refractivity contribution in [1.82, 2.24) is 10.6 Å². The van der Waals surface area contributed by atoms with Crippen LogP contribution in [0.2, 0.25) is 0 Å². The maximum Gasteiger partial charge on any atom is 0.408 e. The fourth-order valence-corrected chi connectivity index (χ4v) is 4.21. The Hall–Kier alpha value is -3.64. The predicted octanol–water partition coefficient (Wildman–Crippen LogP) is 4.35. The van der Waals surface area contributed by atoms with Crippen LogP contribution >= 0.6 is 0 Å². The number of alkyl carbamates (subject to hydrolysis) is 1. The summed E-state index contributed by atoms with van der Waals surface area (Å²) < 4.78 is 30.1. The normalized spacial score (nSPS) is 16.4. The van der Waals surface area contributed by atoms with Gasteiger partial charge in [0.25, 0.3) is 0 Å². The van der Waals surface area contributed by atoms with Crippen LogP contribution in [0.1, 0.15) is 39.2 Å². The van der Waals surface area contributed by atoms with Crippen LogP contribution in [-0.4, -0.2) is 42.4 Å². The van der Waals surface area contributed by atoms with Gasteiger partial charge in [0, 0.05) is 49.3 Å². The first kappa shape index (κ1) is 24.5. The summed E-state index contributed by atoms with van der Waals surface area (Å²) in [6.45, 7) is 5.81. The van der Waals surface area contributed by atoms with Gasteiger partial charge >= 0.3 is 6.09 Å². The minimum atomic E-state index is -1.23. The molecule has 1 saturated heterocycles. The Bertz CT molecular complexity index is 1300. The average Bonchev–Trinajstić information content (AvgIpc) is 3.14. The van der Waals surface area contributed by atoms with Crippen molar-refractivity contribution in [2.45, 2.75) is 57.2 Å². The van der Waals surface area contributed by atoms with E-state index in [1.807, 2.05) is 12.1 Å². The molecule has 35 heavy (non-hydrogen) atoms. The number of amides is 2. The monoisotopic (exact) mass is 481 g/mol. The Morgan fingerprint density at radius 3 is 2.46 bits per heavy atom. The van der Waals surface area contributed by atoms with Crippen LogP contribution in [-0.2, 0) is 20.7 Å². The number of nitriles is 1. The number of carbonyl (C=O) groups is 2. The van der Waals surface area contributed by atoms with E-state index < -0.39 is 29.2 Å². The van der Waals surface area contributed by atoms with Gasteiger partial charge in [-0.15, -0.1) is 0 Å². The zero-order chi connectivity index (χ0) is 25.2. The molecular formula is C26H28FN3O5. The number of carbonyl (C=O) groups excluding carboxylic acids is 2. The number of benzene rings is 2. The van der Waals surface area contributed by atoms with Gasteiger partial charge in [0.1, 0.15) is 34.2 Å². The number of ether oxygens (including phenoxy) is 2. The fraction of sp³-hybridized carbons (Fsp3) is 0.423. The number of nitrogens with zero attached hydrogens (tertiary/aromatic N) is 1. The highest BCUT2D eigenvalue weighted by Gasteiger charge is 2.43. The maximum absolute atomic E-state index is 13.6. The third kappa shape index (κ3) is 5.54. The van der Waals surface area contributed by atoms with E-state index in [4.69, 9.17) is 13.9 Å².